The minimum absolute atomic E-state index is 0.0657. The minimum Gasteiger partial charge on any atom is -0.196 e. The second kappa shape index (κ2) is 5.90. The van der Waals surface area contributed by atoms with Crippen molar-refractivity contribution in [2.24, 2.45) is 5.92 Å². The van der Waals surface area contributed by atoms with E-state index in [9.17, 15) is 34.8 Å². The molecule has 0 amide bonds. The zero-order valence-corrected chi connectivity index (χ0v) is 15.0. The lowest BCUT2D eigenvalue weighted by atomic mass is 10.1. The molecule has 1 saturated carbocycles. The van der Waals surface area contributed by atoms with Gasteiger partial charge in [0.15, 0.2) is 0 Å². The summed E-state index contributed by atoms with van der Waals surface area (Å²) in [6.07, 6.45) is 2.36. The SMILES string of the molecule is CCc1ccc2c(c1)C=C(C1CC1)S2(OS(=O)(=O)C(F)(F)F)C(F)(F)F. The number of aryl methyl sites for hydroxylation is 1. The molecule has 3 nitrogen and oxygen atoms in total. The Kier molecular flexibility index (Phi) is 4.44. The van der Waals surface area contributed by atoms with Crippen molar-refractivity contribution in [2.75, 3.05) is 0 Å². The van der Waals surface area contributed by atoms with Crippen LogP contribution in [-0.4, -0.2) is 19.4 Å². The van der Waals surface area contributed by atoms with Crippen LogP contribution in [0.4, 0.5) is 26.3 Å². The van der Waals surface area contributed by atoms with Crippen LogP contribution in [0.25, 0.3) is 6.08 Å². The van der Waals surface area contributed by atoms with Crippen molar-refractivity contribution in [3.05, 3.63) is 34.2 Å². The number of alkyl halides is 6. The van der Waals surface area contributed by atoms with Gasteiger partial charge < -0.3 is 0 Å². The van der Waals surface area contributed by atoms with Crippen LogP contribution in [-0.2, 0) is 20.2 Å². The normalized spacial score (nSPS) is 26.2. The molecule has 11 heteroatoms. The first-order valence-electron chi connectivity index (χ1n) is 7.60. The van der Waals surface area contributed by atoms with Gasteiger partial charge in [-0.05, 0) is 48.4 Å². The van der Waals surface area contributed by atoms with E-state index in [-0.39, 0.29) is 5.56 Å². The van der Waals surface area contributed by atoms with Crippen molar-refractivity contribution < 1.29 is 38.4 Å². The van der Waals surface area contributed by atoms with E-state index in [1.165, 1.54) is 12.1 Å². The second-order valence-electron chi connectivity index (χ2n) is 6.02. The van der Waals surface area contributed by atoms with E-state index in [0.29, 0.717) is 24.8 Å². The summed E-state index contributed by atoms with van der Waals surface area (Å²) < 4.78 is 108. The summed E-state index contributed by atoms with van der Waals surface area (Å²) in [7, 11) is -11.3. The lowest BCUT2D eigenvalue weighted by Gasteiger charge is -2.39. The van der Waals surface area contributed by atoms with E-state index in [1.807, 2.05) is 0 Å². The Morgan fingerprint density at radius 2 is 1.77 bits per heavy atom. The quantitative estimate of drug-likeness (QED) is 0.479. The average molecular weight is 420 g/mol. The maximum Gasteiger partial charge on any atom is 0.523 e. The summed E-state index contributed by atoms with van der Waals surface area (Å²) in [5, 5.41) is 0. The number of halogens is 6. The summed E-state index contributed by atoms with van der Waals surface area (Å²) in [6, 6.07) is 3.82. The van der Waals surface area contributed by atoms with Crippen molar-refractivity contribution >= 4 is 26.5 Å². The predicted octanol–water partition coefficient (Wildman–Crippen LogP) is 5.48. The van der Waals surface area contributed by atoms with Gasteiger partial charge in [-0.1, -0.05) is 19.1 Å². The molecule has 0 bridgehead atoms. The summed E-state index contributed by atoms with van der Waals surface area (Å²) in [5.74, 6) is -0.632. The van der Waals surface area contributed by atoms with Crippen LogP contribution >= 0.6 is 10.3 Å². The first-order valence-corrected chi connectivity index (χ1v) is 10.6. The Morgan fingerprint density at radius 3 is 2.23 bits per heavy atom. The third kappa shape index (κ3) is 2.93. The Balaban J connectivity index is 2.26. The Morgan fingerprint density at radius 1 is 1.15 bits per heavy atom. The topological polar surface area (TPSA) is 43.4 Å². The molecule has 1 fully saturated rings. The van der Waals surface area contributed by atoms with Gasteiger partial charge in [0.1, 0.15) is 0 Å². The Labute approximate surface area is 147 Å². The van der Waals surface area contributed by atoms with Crippen LogP contribution in [0.2, 0.25) is 0 Å². The average Bonchev–Trinajstić information content (AvgIpc) is 3.28. The van der Waals surface area contributed by atoms with E-state index in [1.54, 1.807) is 6.92 Å². The number of hydrogen-bond donors (Lipinski definition) is 0. The number of rotatable bonds is 4. The standard InChI is InChI=1S/C15H14F6O3S2/c1-2-9-3-6-12-11(7-9)8-13(10-4-5-10)25(12,14(16,17)18)24-26(22,23)15(19,20)21/h3,6-8,10H,2,4-5H2,1H3. The van der Waals surface area contributed by atoms with Gasteiger partial charge in [0.05, 0.1) is 0 Å². The molecular formula is C15H14F6O3S2. The molecule has 1 aliphatic carbocycles. The maximum atomic E-state index is 14.1. The van der Waals surface area contributed by atoms with E-state index in [2.05, 4.69) is 3.63 Å². The molecule has 1 heterocycles. The van der Waals surface area contributed by atoms with Gasteiger partial charge in [-0.15, -0.1) is 0 Å². The third-order valence-corrected chi connectivity index (χ3v) is 9.06. The summed E-state index contributed by atoms with van der Waals surface area (Å²) >= 11 is 0. The van der Waals surface area contributed by atoms with E-state index < -0.39 is 47.2 Å². The molecule has 0 aromatic heterocycles. The maximum absolute atomic E-state index is 14.1. The lowest BCUT2D eigenvalue weighted by molar-refractivity contribution is -0.0546. The van der Waals surface area contributed by atoms with Crippen LogP contribution < -0.4 is 0 Å². The number of allylic oxidation sites excluding steroid dienone is 1. The highest BCUT2D eigenvalue weighted by molar-refractivity contribution is 8.37. The minimum atomic E-state index is -6.44. The Bertz CT molecular complexity index is 868. The van der Waals surface area contributed by atoms with Gasteiger partial charge in [-0.3, -0.25) is 0 Å². The largest absolute Gasteiger partial charge is 0.523 e. The Hall–Kier alpha value is -1.20. The van der Waals surface area contributed by atoms with Gasteiger partial charge >= 0.3 is 21.1 Å². The van der Waals surface area contributed by atoms with Gasteiger partial charge in [-0.2, -0.15) is 38.4 Å². The van der Waals surface area contributed by atoms with Crippen LogP contribution in [0.3, 0.4) is 0 Å². The molecule has 0 radical (unpaired) electrons. The monoisotopic (exact) mass is 420 g/mol. The molecule has 1 atom stereocenters. The van der Waals surface area contributed by atoms with Crippen LogP contribution in [0.15, 0.2) is 28.0 Å². The van der Waals surface area contributed by atoms with Gasteiger partial charge in [0, 0.05) is 20.1 Å². The van der Waals surface area contributed by atoms with Crippen molar-refractivity contribution in [2.45, 2.75) is 42.1 Å². The van der Waals surface area contributed by atoms with Gasteiger partial charge in [-0.25, -0.2) is 0 Å². The molecule has 1 unspecified atom stereocenters. The zero-order chi connectivity index (χ0) is 19.5. The molecular weight excluding hydrogens is 406 g/mol. The number of fused-ring (bicyclic) bond motifs is 1. The highest BCUT2D eigenvalue weighted by Gasteiger charge is 2.65. The fraction of sp³-hybridized carbons (Fsp3) is 0.467. The van der Waals surface area contributed by atoms with Crippen LogP contribution in [0, 0.1) is 5.92 Å². The fourth-order valence-electron chi connectivity index (χ4n) is 2.82. The lowest BCUT2D eigenvalue weighted by Crippen LogP contribution is -2.32. The van der Waals surface area contributed by atoms with E-state index in [0.717, 1.165) is 12.1 Å². The number of benzene rings is 1. The molecule has 1 aromatic rings. The second-order valence-corrected chi connectivity index (χ2v) is 10.4. The van der Waals surface area contributed by atoms with Crippen molar-refractivity contribution in [3.63, 3.8) is 0 Å². The van der Waals surface area contributed by atoms with Gasteiger partial charge in [0.25, 0.3) is 0 Å². The molecule has 1 aromatic carbocycles. The zero-order valence-electron chi connectivity index (χ0n) is 13.3. The molecule has 0 saturated heterocycles. The van der Waals surface area contributed by atoms with Gasteiger partial charge in [0.2, 0.25) is 0 Å². The van der Waals surface area contributed by atoms with Crippen molar-refractivity contribution in [1.82, 2.24) is 0 Å². The molecule has 26 heavy (non-hydrogen) atoms. The summed E-state index contributed by atoms with van der Waals surface area (Å²) in [6.45, 7) is 1.77. The number of hydrogen-bond acceptors (Lipinski definition) is 3. The summed E-state index contributed by atoms with van der Waals surface area (Å²) in [5.41, 5.74) is -10.5. The van der Waals surface area contributed by atoms with E-state index >= 15 is 0 Å². The fourth-order valence-corrected chi connectivity index (χ4v) is 7.60. The van der Waals surface area contributed by atoms with Crippen LogP contribution in [0.1, 0.15) is 30.9 Å². The first kappa shape index (κ1) is 19.6. The highest BCUT2D eigenvalue weighted by Crippen LogP contribution is 2.81. The smallest absolute Gasteiger partial charge is 0.196 e. The highest BCUT2D eigenvalue weighted by atomic mass is 32.3. The molecule has 0 N–H and O–H groups in total. The van der Waals surface area contributed by atoms with E-state index in [4.69, 9.17) is 0 Å². The van der Waals surface area contributed by atoms with Crippen molar-refractivity contribution in [3.8, 4) is 0 Å². The molecule has 3 rings (SSSR count). The third-order valence-electron chi connectivity index (χ3n) is 4.20. The first-order chi connectivity index (χ1) is 11.8. The molecule has 0 spiro atoms. The summed E-state index contributed by atoms with van der Waals surface area (Å²) in [4.78, 5) is -0.946. The predicted molar refractivity (Wildman–Crippen MR) is 84.5 cm³/mol. The molecule has 1 aliphatic heterocycles. The molecule has 2 aliphatic rings. The molecule has 146 valence electrons. The van der Waals surface area contributed by atoms with Crippen LogP contribution in [0.5, 0.6) is 0 Å². The van der Waals surface area contributed by atoms with Crippen molar-refractivity contribution in [1.29, 1.82) is 0 Å².